The van der Waals surface area contributed by atoms with Gasteiger partial charge in [-0.25, -0.2) is 9.97 Å². The molecule has 0 atom stereocenters. The van der Waals surface area contributed by atoms with Crippen LogP contribution in [-0.2, 0) is 0 Å². The molecule has 1 heterocycles. The highest BCUT2D eigenvalue weighted by Gasteiger charge is 2.25. The minimum atomic E-state index is -4.08. The second kappa shape index (κ2) is 4.78. The van der Waals surface area contributed by atoms with Gasteiger partial charge < -0.3 is 5.32 Å². The van der Waals surface area contributed by atoms with E-state index in [0.717, 1.165) is 0 Å². The first-order valence-corrected chi connectivity index (χ1v) is 4.14. The molecule has 0 unspecified atom stereocenters. The Morgan fingerprint density at radius 3 is 2.71 bits per heavy atom. The molecule has 0 radical (unpaired) electrons. The summed E-state index contributed by atoms with van der Waals surface area (Å²) in [7, 11) is 0. The summed E-state index contributed by atoms with van der Waals surface area (Å²) in [5, 5.41) is 2.77. The molecule has 3 nitrogen and oxygen atoms in total. The van der Waals surface area contributed by atoms with Crippen molar-refractivity contribution in [3.05, 3.63) is 18.6 Å². The number of rotatable bonds is 4. The van der Waals surface area contributed by atoms with Gasteiger partial charge in [0.1, 0.15) is 12.1 Å². The zero-order chi connectivity index (χ0) is 10.4. The van der Waals surface area contributed by atoms with Crippen molar-refractivity contribution in [2.45, 2.75) is 19.0 Å². The molecule has 0 saturated heterocycles. The molecule has 0 aliphatic rings. The fourth-order valence-corrected chi connectivity index (χ4v) is 0.901. The molecule has 1 aromatic rings. The fraction of sp³-hybridized carbons (Fsp3) is 0.500. The average molecular weight is 205 g/mol. The van der Waals surface area contributed by atoms with Gasteiger partial charge in [-0.3, -0.25) is 0 Å². The lowest BCUT2D eigenvalue weighted by molar-refractivity contribution is -0.134. The van der Waals surface area contributed by atoms with E-state index in [0.29, 0.717) is 5.82 Å². The molecule has 0 spiro atoms. The Morgan fingerprint density at radius 2 is 2.14 bits per heavy atom. The van der Waals surface area contributed by atoms with Gasteiger partial charge in [0.05, 0.1) is 0 Å². The van der Waals surface area contributed by atoms with Crippen LogP contribution in [0.5, 0.6) is 0 Å². The predicted octanol–water partition coefficient (Wildman–Crippen LogP) is 2.23. The molecule has 0 bridgehead atoms. The molecule has 1 aromatic heterocycles. The first kappa shape index (κ1) is 10.7. The summed E-state index contributed by atoms with van der Waals surface area (Å²) in [6.07, 6.45) is -1.93. The van der Waals surface area contributed by atoms with Crippen LogP contribution in [0.3, 0.4) is 0 Å². The standard InChI is InChI=1S/C8H10F3N3/c9-8(10,11)3-1-4-13-7-2-5-12-6-14-7/h2,5-6H,1,3-4H2,(H,12,13,14). The molecule has 0 aliphatic carbocycles. The Hall–Kier alpha value is -1.33. The van der Waals surface area contributed by atoms with Crippen molar-refractivity contribution in [2.24, 2.45) is 0 Å². The van der Waals surface area contributed by atoms with E-state index in [9.17, 15) is 13.2 Å². The Bertz CT molecular complexity index is 260. The number of nitrogens with one attached hydrogen (secondary N) is 1. The van der Waals surface area contributed by atoms with E-state index >= 15 is 0 Å². The Morgan fingerprint density at radius 1 is 1.36 bits per heavy atom. The number of hydrogen-bond donors (Lipinski definition) is 1. The molecule has 6 heteroatoms. The van der Waals surface area contributed by atoms with E-state index in [1.54, 1.807) is 6.07 Å². The van der Waals surface area contributed by atoms with Crippen LogP contribution < -0.4 is 5.32 Å². The van der Waals surface area contributed by atoms with Crippen LogP contribution in [0.15, 0.2) is 18.6 Å². The number of anilines is 1. The van der Waals surface area contributed by atoms with Gasteiger partial charge in [0, 0.05) is 19.2 Å². The summed E-state index contributed by atoms with van der Waals surface area (Å²) >= 11 is 0. The van der Waals surface area contributed by atoms with E-state index in [1.807, 2.05) is 0 Å². The second-order valence-electron chi connectivity index (χ2n) is 2.74. The third-order valence-electron chi connectivity index (χ3n) is 1.53. The average Bonchev–Trinajstić information content (AvgIpc) is 2.13. The summed E-state index contributed by atoms with van der Waals surface area (Å²) in [5.41, 5.74) is 0. The SMILES string of the molecule is FC(F)(F)CCCNc1ccncn1. The molecule has 14 heavy (non-hydrogen) atoms. The van der Waals surface area contributed by atoms with Crippen LogP contribution in [0, 0.1) is 0 Å². The first-order valence-electron chi connectivity index (χ1n) is 4.14. The maximum atomic E-state index is 11.7. The summed E-state index contributed by atoms with van der Waals surface area (Å²) in [6, 6.07) is 1.60. The lowest BCUT2D eigenvalue weighted by Gasteiger charge is -2.06. The molecule has 0 aromatic carbocycles. The third-order valence-corrected chi connectivity index (χ3v) is 1.53. The van der Waals surface area contributed by atoms with Gasteiger partial charge in [0.25, 0.3) is 0 Å². The Balaban J connectivity index is 2.17. The maximum Gasteiger partial charge on any atom is 0.389 e. The Labute approximate surface area is 79.4 Å². The van der Waals surface area contributed by atoms with Crippen LogP contribution in [-0.4, -0.2) is 22.7 Å². The number of hydrogen-bond acceptors (Lipinski definition) is 3. The highest BCUT2D eigenvalue weighted by Crippen LogP contribution is 2.20. The van der Waals surface area contributed by atoms with Crippen molar-refractivity contribution >= 4 is 5.82 Å². The van der Waals surface area contributed by atoms with Gasteiger partial charge in [-0.15, -0.1) is 0 Å². The highest BCUT2D eigenvalue weighted by molar-refractivity contribution is 5.30. The summed E-state index contributed by atoms with van der Waals surface area (Å²) < 4.78 is 35.2. The van der Waals surface area contributed by atoms with Gasteiger partial charge in [0.15, 0.2) is 0 Å². The number of alkyl halides is 3. The van der Waals surface area contributed by atoms with Crippen molar-refractivity contribution in [1.82, 2.24) is 9.97 Å². The number of halogens is 3. The van der Waals surface area contributed by atoms with Gasteiger partial charge >= 0.3 is 6.18 Å². The largest absolute Gasteiger partial charge is 0.389 e. The van der Waals surface area contributed by atoms with Crippen LogP contribution in [0.4, 0.5) is 19.0 Å². The second-order valence-corrected chi connectivity index (χ2v) is 2.74. The Kier molecular flexibility index (Phi) is 3.67. The van der Waals surface area contributed by atoms with E-state index in [4.69, 9.17) is 0 Å². The zero-order valence-electron chi connectivity index (χ0n) is 7.38. The predicted molar refractivity (Wildman–Crippen MR) is 45.8 cm³/mol. The molecule has 0 fully saturated rings. The quantitative estimate of drug-likeness (QED) is 0.766. The van der Waals surface area contributed by atoms with Crippen LogP contribution in [0.2, 0.25) is 0 Å². The smallest absolute Gasteiger partial charge is 0.370 e. The fourth-order valence-electron chi connectivity index (χ4n) is 0.901. The molecule has 1 rings (SSSR count). The topological polar surface area (TPSA) is 37.8 Å². The number of aromatic nitrogens is 2. The minimum Gasteiger partial charge on any atom is -0.370 e. The van der Waals surface area contributed by atoms with Gasteiger partial charge in [-0.1, -0.05) is 0 Å². The van der Waals surface area contributed by atoms with Crippen molar-refractivity contribution in [3.8, 4) is 0 Å². The molecule has 1 N–H and O–H groups in total. The van der Waals surface area contributed by atoms with Gasteiger partial charge in [-0.2, -0.15) is 13.2 Å². The lowest BCUT2D eigenvalue weighted by atomic mass is 10.3. The minimum absolute atomic E-state index is 0.0491. The van der Waals surface area contributed by atoms with E-state index < -0.39 is 12.6 Å². The molecule has 0 saturated carbocycles. The zero-order valence-corrected chi connectivity index (χ0v) is 7.38. The van der Waals surface area contributed by atoms with Crippen molar-refractivity contribution in [1.29, 1.82) is 0 Å². The van der Waals surface area contributed by atoms with Crippen LogP contribution >= 0.6 is 0 Å². The van der Waals surface area contributed by atoms with Gasteiger partial charge in [-0.05, 0) is 12.5 Å². The molecule has 0 amide bonds. The summed E-state index contributed by atoms with van der Waals surface area (Å²) in [6.45, 7) is 0.260. The molecule has 0 aliphatic heterocycles. The molecular weight excluding hydrogens is 195 g/mol. The normalized spacial score (nSPS) is 11.4. The molecule has 78 valence electrons. The van der Waals surface area contributed by atoms with Crippen LogP contribution in [0.1, 0.15) is 12.8 Å². The third kappa shape index (κ3) is 4.64. The monoisotopic (exact) mass is 205 g/mol. The van der Waals surface area contributed by atoms with Gasteiger partial charge in [0.2, 0.25) is 0 Å². The maximum absolute atomic E-state index is 11.7. The summed E-state index contributed by atoms with van der Waals surface area (Å²) in [4.78, 5) is 7.49. The number of nitrogens with zero attached hydrogens (tertiary/aromatic N) is 2. The lowest BCUT2D eigenvalue weighted by Crippen LogP contribution is -2.11. The van der Waals surface area contributed by atoms with Crippen molar-refractivity contribution in [2.75, 3.05) is 11.9 Å². The van der Waals surface area contributed by atoms with E-state index in [2.05, 4.69) is 15.3 Å². The van der Waals surface area contributed by atoms with Crippen molar-refractivity contribution in [3.63, 3.8) is 0 Å². The van der Waals surface area contributed by atoms with Crippen LogP contribution in [0.25, 0.3) is 0 Å². The summed E-state index contributed by atoms with van der Waals surface area (Å²) in [5.74, 6) is 0.544. The highest BCUT2D eigenvalue weighted by atomic mass is 19.4. The van der Waals surface area contributed by atoms with Crippen molar-refractivity contribution < 1.29 is 13.2 Å². The first-order chi connectivity index (χ1) is 6.58. The molecular formula is C8H10F3N3. The van der Waals surface area contributed by atoms with E-state index in [-0.39, 0.29) is 13.0 Å². The van der Waals surface area contributed by atoms with E-state index in [1.165, 1.54) is 12.5 Å².